The molecule has 0 fully saturated rings. The van der Waals surface area contributed by atoms with Crippen molar-refractivity contribution in [3.63, 3.8) is 0 Å². The Labute approximate surface area is 78.5 Å². The molecule has 4 nitrogen and oxygen atoms in total. The summed E-state index contributed by atoms with van der Waals surface area (Å²) < 4.78 is 4.58. The van der Waals surface area contributed by atoms with Crippen molar-refractivity contribution in [2.45, 2.75) is 25.7 Å². The van der Waals surface area contributed by atoms with Crippen molar-refractivity contribution in [3.05, 3.63) is 0 Å². The number of carbonyl (C=O) groups is 1. The third kappa shape index (κ3) is 5.60. The van der Waals surface area contributed by atoms with Gasteiger partial charge in [-0.1, -0.05) is 6.42 Å². The van der Waals surface area contributed by atoms with Gasteiger partial charge in [-0.25, -0.2) is 0 Å². The van der Waals surface area contributed by atoms with Crippen molar-refractivity contribution < 1.29 is 19.7 Å². The summed E-state index contributed by atoms with van der Waals surface area (Å²) >= 11 is 0. The van der Waals surface area contributed by atoms with Crippen LogP contribution in [0.15, 0.2) is 0 Å². The Balaban J connectivity index is 3.73. The lowest BCUT2D eigenvalue weighted by Gasteiger charge is -2.12. The van der Waals surface area contributed by atoms with Crippen LogP contribution in [0.5, 0.6) is 0 Å². The van der Waals surface area contributed by atoms with Gasteiger partial charge in [-0.3, -0.25) is 4.79 Å². The van der Waals surface area contributed by atoms with Gasteiger partial charge in [0.05, 0.1) is 13.0 Å². The number of aliphatic hydroxyl groups excluding tert-OH is 2. The zero-order valence-corrected chi connectivity index (χ0v) is 8.03. The van der Waals surface area contributed by atoms with Crippen molar-refractivity contribution in [2.75, 3.05) is 20.3 Å². The van der Waals surface area contributed by atoms with Gasteiger partial charge in [-0.15, -0.1) is 0 Å². The molecule has 0 rings (SSSR count). The minimum absolute atomic E-state index is 0.00110. The standard InChI is InChI=1S/C9H18O4/c1-13-9(12)8(5-7-11)4-2-3-6-10/h8,10-11H,2-7H2,1H3. The Morgan fingerprint density at radius 2 is 1.92 bits per heavy atom. The maximum atomic E-state index is 11.1. The van der Waals surface area contributed by atoms with E-state index in [2.05, 4.69) is 4.74 Å². The molecule has 0 aromatic carbocycles. The summed E-state index contributed by atoms with van der Waals surface area (Å²) in [5, 5.41) is 17.2. The van der Waals surface area contributed by atoms with Crippen LogP contribution in [0.25, 0.3) is 0 Å². The molecule has 78 valence electrons. The number of carbonyl (C=O) groups excluding carboxylic acids is 1. The SMILES string of the molecule is COC(=O)C(CCO)CCCCO. The number of methoxy groups -OCH3 is 1. The van der Waals surface area contributed by atoms with Crippen LogP contribution in [0.1, 0.15) is 25.7 Å². The Morgan fingerprint density at radius 3 is 2.38 bits per heavy atom. The first kappa shape index (κ1) is 12.4. The lowest BCUT2D eigenvalue weighted by molar-refractivity contribution is -0.146. The van der Waals surface area contributed by atoms with Crippen molar-refractivity contribution >= 4 is 5.97 Å². The fraction of sp³-hybridized carbons (Fsp3) is 0.889. The highest BCUT2D eigenvalue weighted by atomic mass is 16.5. The minimum Gasteiger partial charge on any atom is -0.469 e. The van der Waals surface area contributed by atoms with E-state index in [1.807, 2.05) is 0 Å². The van der Waals surface area contributed by atoms with E-state index >= 15 is 0 Å². The molecule has 0 aromatic rings. The van der Waals surface area contributed by atoms with Gasteiger partial charge >= 0.3 is 5.97 Å². The smallest absolute Gasteiger partial charge is 0.308 e. The van der Waals surface area contributed by atoms with Crippen LogP contribution in [0.3, 0.4) is 0 Å². The van der Waals surface area contributed by atoms with Gasteiger partial charge in [-0.05, 0) is 19.3 Å². The topological polar surface area (TPSA) is 66.8 Å². The summed E-state index contributed by atoms with van der Waals surface area (Å²) in [5.74, 6) is -0.492. The minimum atomic E-state index is -0.271. The van der Waals surface area contributed by atoms with Crippen LogP contribution < -0.4 is 0 Å². The third-order valence-corrected chi connectivity index (χ3v) is 1.97. The molecule has 0 bridgehead atoms. The van der Waals surface area contributed by atoms with E-state index in [-0.39, 0.29) is 25.1 Å². The van der Waals surface area contributed by atoms with Gasteiger partial charge in [0, 0.05) is 13.2 Å². The van der Waals surface area contributed by atoms with E-state index in [0.29, 0.717) is 19.3 Å². The van der Waals surface area contributed by atoms with E-state index in [1.54, 1.807) is 0 Å². The molecular weight excluding hydrogens is 172 g/mol. The molecule has 2 N–H and O–H groups in total. The van der Waals surface area contributed by atoms with Crippen molar-refractivity contribution in [1.82, 2.24) is 0 Å². The normalized spacial score (nSPS) is 12.5. The van der Waals surface area contributed by atoms with E-state index in [0.717, 1.165) is 6.42 Å². The highest BCUT2D eigenvalue weighted by Gasteiger charge is 2.17. The average molecular weight is 190 g/mol. The highest BCUT2D eigenvalue weighted by molar-refractivity contribution is 5.72. The predicted molar refractivity (Wildman–Crippen MR) is 48.1 cm³/mol. The largest absolute Gasteiger partial charge is 0.469 e. The van der Waals surface area contributed by atoms with Crippen molar-refractivity contribution in [1.29, 1.82) is 0 Å². The van der Waals surface area contributed by atoms with Gasteiger partial charge in [0.25, 0.3) is 0 Å². The van der Waals surface area contributed by atoms with E-state index < -0.39 is 0 Å². The lowest BCUT2D eigenvalue weighted by atomic mass is 9.99. The summed E-state index contributed by atoms with van der Waals surface area (Å²) in [6.07, 6.45) is 2.60. The first-order valence-corrected chi connectivity index (χ1v) is 4.55. The quantitative estimate of drug-likeness (QED) is 0.448. The number of aliphatic hydroxyl groups is 2. The predicted octanol–water partition coefficient (Wildman–Crippen LogP) is 0.321. The fourth-order valence-electron chi connectivity index (χ4n) is 1.21. The van der Waals surface area contributed by atoms with Crippen LogP contribution >= 0.6 is 0 Å². The molecule has 0 heterocycles. The van der Waals surface area contributed by atoms with Crippen LogP contribution in [0, 0.1) is 5.92 Å². The van der Waals surface area contributed by atoms with Crippen molar-refractivity contribution in [2.24, 2.45) is 5.92 Å². The lowest BCUT2D eigenvalue weighted by Crippen LogP contribution is -2.17. The van der Waals surface area contributed by atoms with E-state index in [9.17, 15) is 4.79 Å². The van der Waals surface area contributed by atoms with Gasteiger partial charge in [0.1, 0.15) is 0 Å². The van der Waals surface area contributed by atoms with E-state index in [1.165, 1.54) is 7.11 Å². The van der Waals surface area contributed by atoms with Gasteiger partial charge in [0.2, 0.25) is 0 Å². The third-order valence-electron chi connectivity index (χ3n) is 1.97. The number of hydrogen-bond acceptors (Lipinski definition) is 4. The Bertz CT molecular complexity index is 136. The molecule has 4 heteroatoms. The summed E-state index contributed by atoms with van der Waals surface area (Å²) in [7, 11) is 1.35. The summed E-state index contributed by atoms with van der Waals surface area (Å²) in [6, 6.07) is 0. The highest BCUT2D eigenvalue weighted by Crippen LogP contribution is 2.13. The summed E-state index contributed by atoms with van der Waals surface area (Å²) in [5.41, 5.74) is 0. The molecule has 0 saturated carbocycles. The molecule has 0 aliphatic heterocycles. The molecule has 0 aromatic heterocycles. The molecule has 1 atom stereocenters. The number of unbranched alkanes of at least 4 members (excludes halogenated alkanes) is 1. The summed E-state index contributed by atoms with van der Waals surface area (Å²) in [4.78, 5) is 11.1. The first-order valence-electron chi connectivity index (χ1n) is 4.55. The zero-order chi connectivity index (χ0) is 10.1. The number of ether oxygens (including phenoxy) is 1. The first-order chi connectivity index (χ1) is 6.26. The second kappa shape index (κ2) is 8.01. The molecule has 0 radical (unpaired) electrons. The molecule has 1 unspecified atom stereocenters. The molecule has 0 amide bonds. The van der Waals surface area contributed by atoms with Gasteiger partial charge in [0.15, 0.2) is 0 Å². The van der Waals surface area contributed by atoms with Crippen LogP contribution in [-0.2, 0) is 9.53 Å². The van der Waals surface area contributed by atoms with Crippen LogP contribution in [-0.4, -0.2) is 36.5 Å². The van der Waals surface area contributed by atoms with Crippen LogP contribution in [0.4, 0.5) is 0 Å². The Kier molecular flexibility index (Phi) is 7.63. The second-order valence-electron chi connectivity index (χ2n) is 2.95. The molecule has 13 heavy (non-hydrogen) atoms. The molecule has 0 spiro atoms. The van der Waals surface area contributed by atoms with Gasteiger partial charge < -0.3 is 14.9 Å². The van der Waals surface area contributed by atoms with Crippen molar-refractivity contribution in [3.8, 4) is 0 Å². The maximum Gasteiger partial charge on any atom is 0.308 e. The number of hydrogen-bond donors (Lipinski definition) is 2. The van der Waals surface area contributed by atoms with Gasteiger partial charge in [-0.2, -0.15) is 0 Å². The average Bonchev–Trinajstić information content (AvgIpc) is 2.16. The molecular formula is C9H18O4. The molecule has 0 aliphatic carbocycles. The number of rotatable bonds is 7. The Hall–Kier alpha value is -0.610. The fourth-order valence-corrected chi connectivity index (χ4v) is 1.21. The molecule has 0 saturated heterocycles. The monoisotopic (exact) mass is 190 g/mol. The maximum absolute atomic E-state index is 11.1. The Morgan fingerprint density at radius 1 is 1.23 bits per heavy atom. The number of esters is 1. The second-order valence-corrected chi connectivity index (χ2v) is 2.95. The summed E-state index contributed by atoms with van der Waals surface area (Å²) in [6.45, 7) is 0.145. The van der Waals surface area contributed by atoms with Crippen LogP contribution in [0.2, 0.25) is 0 Å². The van der Waals surface area contributed by atoms with E-state index in [4.69, 9.17) is 10.2 Å². The zero-order valence-electron chi connectivity index (χ0n) is 8.03. The molecule has 0 aliphatic rings.